The average molecular weight is 245 g/mol. The number of hydrogen-bond acceptors (Lipinski definition) is 4. The summed E-state index contributed by atoms with van der Waals surface area (Å²) in [5.41, 5.74) is -0.479. The largest absolute Gasteiger partial charge is 0.444 e. The average Bonchev–Trinajstić information content (AvgIpc) is 2.15. The van der Waals surface area contributed by atoms with Gasteiger partial charge >= 0.3 is 6.09 Å². The highest BCUT2D eigenvalue weighted by atomic mass is 32.2. The molecule has 1 aliphatic rings. The Bertz CT molecular complexity index is 285. The van der Waals surface area contributed by atoms with Crippen LogP contribution in [0.5, 0.6) is 0 Å². The molecule has 1 rings (SSSR count). The van der Waals surface area contributed by atoms with Gasteiger partial charge in [0.25, 0.3) is 0 Å². The Hall–Kier alpha value is -0.710. The van der Waals surface area contributed by atoms with Crippen molar-refractivity contribution in [3.8, 4) is 0 Å². The minimum atomic E-state index is -0.479. The second-order valence-electron chi connectivity index (χ2n) is 4.90. The highest BCUT2D eigenvalue weighted by Crippen LogP contribution is 2.21. The van der Waals surface area contributed by atoms with E-state index in [1.807, 2.05) is 20.8 Å². The minimum absolute atomic E-state index is 0.0960. The van der Waals surface area contributed by atoms with Gasteiger partial charge in [-0.3, -0.25) is 4.79 Å². The van der Waals surface area contributed by atoms with Gasteiger partial charge < -0.3 is 9.64 Å². The molecule has 16 heavy (non-hydrogen) atoms. The number of nitrogens with zero attached hydrogens (tertiary/aromatic N) is 1. The van der Waals surface area contributed by atoms with Crippen molar-refractivity contribution in [2.45, 2.75) is 38.5 Å². The van der Waals surface area contributed by atoms with E-state index < -0.39 is 5.60 Å². The Morgan fingerprint density at radius 1 is 1.38 bits per heavy atom. The molecule has 0 aliphatic carbocycles. The highest BCUT2D eigenvalue weighted by Gasteiger charge is 2.29. The van der Waals surface area contributed by atoms with Crippen molar-refractivity contribution in [2.75, 3.05) is 18.8 Å². The van der Waals surface area contributed by atoms with Crippen molar-refractivity contribution < 1.29 is 14.3 Å². The zero-order valence-corrected chi connectivity index (χ0v) is 11.1. The predicted molar refractivity (Wildman–Crippen MR) is 64.7 cm³/mol. The van der Waals surface area contributed by atoms with Crippen LogP contribution in [0, 0.1) is 0 Å². The van der Waals surface area contributed by atoms with Crippen molar-refractivity contribution in [1.29, 1.82) is 0 Å². The molecule has 1 unspecified atom stereocenters. The number of ether oxygens (including phenoxy) is 1. The van der Waals surface area contributed by atoms with E-state index >= 15 is 0 Å². The van der Waals surface area contributed by atoms with Gasteiger partial charge in [-0.15, -0.1) is 11.8 Å². The maximum atomic E-state index is 11.8. The summed E-state index contributed by atoms with van der Waals surface area (Å²) in [5.74, 6) is 0.919. The number of carbonyl (C=O) groups is 2. The fourth-order valence-electron chi connectivity index (χ4n) is 1.39. The molecule has 1 saturated heterocycles. The molecule has 1 atom stereocenters. The summed E-state index contributed by atoms with van der Waals surface area (Å²) in [4.78, 5) is 24.6. The molecule has 0 N–H and O–H groups in total. The maximum absolute atomic E-state index is 11.8. The molecule has 0 aromatic heterocycles. The SMILES string of the molecule is CC(=O)C1CN(C(=O)OC(C)(C)C)CCS1. The summed E-state index contributed by atoms with van der Waals surface area (Å²) >= 11 is 1.61. The summed E-state index contributed by atoms with van der Waals surface area (Å²) in [5, 5.41) is -0.0960. The first-order valence-corrected chi connectivity index (χ1v) is 6.44. The number of hydrogen-bond donors (Lipinski definition) is 0. The van der Waals surface area contributed by atoms with Crippen LogP contribution in [0.3, 0.4) is 0 Å². The topological polar surface area (TPSA) is 46.6 Å². The van der Waals surface area contributed by atoms with Crippen molar-refractivity contribution in [2.24, 2.45) is 0 Å². The third kappa shape index (κ3) is 4.04. The lowest BCUT2D eigenvalue weighted by Crippen LogP contribution is -2.46. The van der Waals surface area contributed by atoms with Crippen molar-refractivity contribution in [3.63, 3.8) is 0 Å². The number of amides is 1. The van der Waals surface area contributed by atoms with E-state index in [9.17, 15) is 9.59 Å². The molecule has 0 aromatic carbocycles. The smallest absolute Gasteiger partial charge is 0.410 e. The molecule has 1 heterocycles. The van der Waals surface area contributed by atoms with Gasteiger partial charge in [-0.25, -0.2) is 4.79 Å². The number of rotatable bonds is 1. The monoisotopic (exact) mass is 245 g/mol. The molecule has 0 bridgehead atoms. The first-order valence-electron chi connectivity index (χ1n) is 5.39. The van der Waals surface area contributed by atoms with Gasteiger partial charge in [-0.05, 0) is 27.7 Å². The lowest BCUT2D eigenvalue weighted by Gasteiger charge is -2.32. The zero-order chi connectivity index (χ0) is 12.3. The molecule has 0 aromatic rings. The van der Waals surface area contributed by atoms with Gasteiger partial charge in [-0.1, -0.05) is 0 Å². The van der Waals surface area contributed by atoms with Crippen molar-refractivity contribution in [1.82, 2.24) is 4.90 Å². The Balaban J connectivity index is 2.54. The first-order chi connectivity index (χ1) is 7.29. The van der Waals surface area contributed by atoms with Crippen LogP contribution in [0.25, 0.3) is 0 Å². The Morgan fingerprint density at radius 3 is 2.50 bits per heavy atom. The minimum Gasteiger partial charge on any atom is -0.444 e. The Labute approximate surface area is 101 Å². The third-order valence-corrected chi connectivity index (χ3v) is 3.47. The van der Waals surface area contributed by atoms with E-state index in [0.29, 0.717) is 13.1 Å². The summed E-state index contributed by atoms with van der Waals surface area (Å²) in [6, 6.07) is 0. The molecule has 0 spiro atoms. The molecule has 1 fully saturated rings. The number of ketones is 1. The fraction of sp³-hybridized carbons (Fsp3) is 0.818. The molecule has 5 heteroatoms. The predicted octanol–water partition coefficient (Wildman–Crippen LogP) is 1.93. The summed E-state index contributed by atoms with van der Waals surface area (Å²) in [6.07, 6.45) is -0.320. The van der Waals surface area contributed by atoms with Gasteiger partial charge in [-0.2, -0.15) is 0 Å². The third-order valence-electron chi connectivity index (χ3n) is 2.17. The summed E-state index contributed by atoms with van der Waals surface area (Å²) < 4.78 is 5.27. The van der Waals surface area contributed by atoms with Crippen LogP contribution < -0.4 is 0 Å². The van der Waals surface area contributed by atoms with Gasteiger partial charge in [0.2, 0.25) is 0 Å². The van der Waals surface area contributed by atoms with Crippen molar-refractivity contribution >= 4 is 23.6 Å². The van der Waals surface area contributed by atoms with Crippen LogP contribution in [-0.4, -0.2) is 46.5 Å². The van der Waals surface area contributed by atoms with Crippen LogP contribution in [0.4, 0.5) is 4.79 Å². The van der Waals surface area contributed by atoms with E-state index in [2.05, 4.69) is 0 Å². The Kier molecular flexibility index (Phi) is 4.24. The van der Waals surface area contributed by atoms with Gasteiger partial charge in [0.05, 0.1) is 5.25 Å². The second-order valence-corrected chi connectivity index (χ2v) is 6.21. The van der Waals surface area contributed by atoms with Gasteiger partial charge in [0.15, 0.2) is 0 Å². The lowest BCUT2D eigenvalue weighted by atomic mass is 10.2. The lowest BCUT2D eigenvalue weighted by molar-refractivity contribution is -0.116. The first kappa shape index (κ1) is 13.4. The normalized spacial score (nSPS) is 21.8. The van der Waals surface area contributed by atoms with Crippen LogP contribution in [-0.2, 0) is 9.53 Å². The standard InChI is InChI=1S/C11H19NO3S/c1-8(13)9-7-12(5-6-16-9)10(14)15-11(2,3)4/h9H,5-7H2,1-4H3. The fourth-order valence-corrected chi connectivity index (χ4v) is 2.52. The molecular formula is C11H19NO3S. The molecule has 1 aliphatic heterocycles. The zero-order valence-electron chi connectivity index (χ0n) is 10.3. The number of thioether (sulfide) groups is 1. The second kappa shape index (κ2) is 5.08. The molecule has 4 nitrogen and oxygen atoms in total. The highest BCUT2D eigenvalue weighted by molar-refractivity contribution is 8.00. The van der Waals surface area contributed by atoms with Crippen LogP contribution in [0.2, 0.25) is 0 Å². The van der Waals surface area contributed by atoms with Crippen LogP contribution >= 0.6 is 11.8 Å². The molecule has 1 amide bonds. The molecule has 92 valence electrons. The van der Waals surface area contributed by atoms with E-state index in [1.54, 1.807) is 23.6 Å². The van der Waals surface area contributed by atoms with Crippen LogP contribution in [0.15, 0.2) is 0 Å². The molecule has 0 radical (unpaired) electrons. The molecular weight excluding hydrogens is 226 g/mol. The van der Waals surface area contributed by atoms with E-state index in [-0.39, 0.29) is 17.1 Å². The van der Waals surface area contributed by atoms with Gasteiger partial charge in [0.1, 0.15) is 11.4 Å². The quantitative estimate of drug-likeness (QED) is 0.708. The van der Waals surface area contributed by atoms with E-state index in [0.717, 1.165) is 5.75 Å². The van der Waals surface area contributed by atoms with Gasteiger partial charge in [0, 0.05) is 18.8 Å². The van der Waals surface area contributed by atoms with Crippen LogP contribution in [0.1, 0.15) is 27.7 Å². The number of Topliss-reactive ketones (excluding diaryl/α,β-unsaturated/α-hetero) is 1. The van der Waals surface area contributed by atoms with E-state index in [1.165, 1.54) is 0 Å². The van der Waals surface area contributed by atoms with E-state index in [4.69, 9.17) is 4.74 Å². The number of carbonyl (C=O) groups excluding carboxylic acids is 2. The maximum Gasteiger partial charge on any atom is 0.410 e. The summed E-state index contributed by atoms with van der Waals surface area (Å²) in [6.45, 7) is 8.21. The van der Waals surface area contributed by atoms with Crippen molar-refractivity contribution in [3.05, 3.63) is 0 Å². The summed E-state index contributed by atoms with van der Waals surface area (Å²) in [7, 11) is 0. The molecule has 0 saturated carbocycles. The Morgan fingerprint density at radius 2 is 2.00 bits per heavy atom.